The summed E-state index contributed by atoms with van der Waals surface area (Å²) in [7, 11) is 1.62. The van der Waals surface area contributed by atoms with Crippen molar-refractivity contribution in [3.63, 3.8) is 0 Å². The maximum absolute atomic E-state index is 12.0. The Morgan fingerprint density at radius 1 is 1.15 bits per heavy atom. The molecule has 2 aromatic carbocycles. The first-order valence-corrected chi connectivity index (χ1v) is 8.26. The third-order valence-corrected chi connectivity index (χ3v) is 3.75. The van der Waals surface area contributed by atoms with Gasteiger partial charge in [-0.1, -0.05) is 47.7 Å². The molecule has 0 atom stereocenters. The van der Waals surface area contributed by atoms with Gasteiger partial charge >= 0.3 is 0 Å². The number of carbonyl (C=O) groups excluding carboxylic acids is 1. The summed E-state index contributed by atoms with van der Waals surface area (Å²) in [6.07, 6.45) is 4.91. The third kappa shape index (κ3) is 5.04. The van der Waals surface area contributed by atoms with Crippen molar-refractivity contribution in [1.82, 2.24) is 20.3 Å². The first kappa shape index (κ1) is 17.4. The lowest BCUT2D eigenvalue weighted by Gasteiger charge is -2.04. The fourth-order valence-corrected chi connectivity index (χ4v) is 2.43. The van der Waals surface area contributed by atoms with E-state index in [0.29, 0.717) is 18.8 Å². The summed E-state index contributed by atoms with van der Waals surface area (Å²) >= 11 is 0. The molecule has 0 saturated carbocycles. The van der Waals surface area contributed by atoms with E-state index in [4.69, 9.17) is 4.74 Å². The SMILES string of the molecule is COc1cccc(CNC(=O)/C=C/c2cn(Cc3ccccc3)nn2)c1. The molecule has 0 unspecified atom stereocenters. The second-order valence-corrected chi connectivity index (χ2v) is 5.73. The second kappa shape index (κ2) is 8.62. The normalized spacial score (nSPS) is 10.8. The van der Waals surface area contributed by atoms with Gasteiger partial charge in [-0.25, -0.2) is 4.68 Å². The number of nitrogens with zero attached hydrogens (tertiary/aromatic N) is 3. The van der Waals surface area contributed by atoms with Crippen LogP contribution in [0.5, 0.6) is 5.75 Å². The van der Waals surface area contributed by atoms with Crippen molar-refractivity contribution in [2.45, 2.75) is 13.1 Å². The Morgan fingerprint density at radius 2 is 1.96 bits per heavy atom. The molecule has 26 heavy (non-hydrogen) atoms. The number of benzene rings is 2. The fourth-order valence-electron chi connectivity index (χ4n) is 2.43. The number of nitrogens with one attached hydrogen (secondary N) is 1. The highest BCUT2D eigenvalue weighted by molar-refractivity contribution is 5.91. The van der Waals surface area contributed by atoms with Gasteiger partial charge in [0.25, 0.3) is 0 Å². The standard InChI is InChI=1S/C20H20N4O2/c1-26-19-9-5-8-17(12-19)13-21-20(25)11-10-18-15-24(23-22-18)14-16-6-3-2-4-7-16/h2-12,15H,13-14H2,1H3,(H,21,25)/b11-10+. The summed E-state index contributed by atoms with van der Waals surface area (Å²) in [5.41, 5.74) is 2.75. The molecular weight excluding hydrogens is 328 g/mol. The minimum atomic E-state index is -0.189. The number of methoxy groups -OCH3 is 1. The lowest BCUT2D eigenvalue weighted by molar-refractivity contribution is -0.116. The first-order chi connectivity index (χ1) is 12.7. The van der Waals surface area contributed by atoms with Crippen LogP contribution < -0.4 is 10.1 Å². The van der Waals surface area contributed by atoms with Crippen LogP contribution in [-0.2, 0) is 17.9 Å². The van der Waals surface area contributed by atoms with E-state index in [1.165, 1.54) is 6.08 Å². The van der Waals surface area contributed by atoms with Crippen LogP contribution in [0.25, 0.3) is 6.08 Å². The van der Waals surface area contributed by atoms with E-state index in [9.17, 15) is 4.79 Å². The summed E-state index contributed by atoms with van der Waals surface area (Å²) in [5.74, 6) is 0.577. The predicted octanol–water partition coefficient (Wildman–Crippen LogP) is 2.66. The summed E-state index contributed by atoms with van der Waals surface area (Å²) in [4.78, 5) is 12.0. The molecule has 3 rings (SSSR count). The van der Waals surface area contributed by atoms with E-state index in [1.807, 2.05) is 54.6 Å². The second-order valence-electron chi connectivity index (χ2n) is 5.73. The Labute approximate surface area is 152 Å². The molecule has 1 amide bonds. The molecule has 0 fully saturated rings. The van der Waals surface area contributed by atoms with Gasteiger partial charge in [0.05, 0.1) is 19.9 Å². The number of hydrogen-bond donors (Lipinski definition) is 1. The Balaban J connectivity index is 1.52. The smallest absolute Gasteiger partial charge is 0.244 e. The minimum Gasteiger partial charge on any atom is -0.497 e. The van der Waals surface area contributed by atoms with Crippen LogP contribution in [0.2, 0.25) is 0 Å². The fraction of sp³-hybridized carbons (Fsp3) is 0.150. The summed E-state index contributed by atoms with van der Waals surface area (Å²) in [6.45, 7) is 1.07. The molecule has 0 bridgehead atoms. The van der Waals surface area contributed by atoms with Crippen LogP contribution in [-0.4, -0.2) is 28.0 Å². The van der Waals surface area contributed by atoms with E-state index in [0.717, 1.165) is 16.9 Å². The highest BCUT2D eigenvalue weighted by atomic mass is 16.5. The molecule has 3 aromatic rings. The average molecular weight is 348 g/mol. The molecule has 0 saturated heterocycles. The van der Waals surface area contributed by atoms with Crippen LogP contribution in [0.4, 0.5) is 0 Å². The molecule has 0 radical (unpaired) electrons. The van der Waals surface area contributed by atoms with E-state index in [2.05, 4.69) is 15.6 Å². The summed E-state index contributed by atoms with van der Waals surface area (Å²) < 4.78 is 6.91. The number of hydrogen-bond acceptors (Lipinski definition) is 4. The molecule has 0 aliphatic rings. The highest BCUT2D eigenvalue weighted by Gasteiger charge is 2.01. The van der Waals surface area contributed by atoms with Crippen LogP contribution in [0, 0.1) is 0 Å². The number of rotatable bonds is 7. The lowest BCUT2D eigenvalue weighted by Crippen LogP contribution is -2.20. The molecule has 1 heterocycles. The highest BCUT2D eigenvalue weighted by Crippen LogP contribution is 2.12. The summed E-state index contributed by atoms with van der Waals surface area (Å²) in [5, 5.41) is 11.0. The topological polar surface area (TPSA) is 69.0 Å². The van der Waals surface area contributed by atoms with Gasteiger partial charge in [0.1, 0.15) is 11.4 Å². The molecule has 1 aromatic heterocycles. The lowest BCUT2D eigenvalue weighted by atomic mass is 10.2. The average Bonchev–Trinajstić information content (AvgIpc) is 3.13. The monoisotopic (exact) mass is 348 g/mol. The quantitative estimate of drug-likeness (QED) is 0.667. The summed E-state index contributed by atoms with van der Waals surface area (Å²) in [6, 6.07) is 17.6. The van der Waals surface area contributed by atoms with Gasteiger partial charge < -0.3 is 10.1 Å². The van der Waals surface area contributed by atoms with E-state index < -0.39 is 0 Å². The molecule has 0 aliphatic heterocycles. The Kier molecular flexibility index (Phi) is 5.77. The maximum Gasteiger partial charge on any atom is 0.244 e. The molecule has 0 aliphatic carbocycles. The molecule has 6 heteroatoms. The molecule has 132 valence electrons. The van der Waals surface area contributed by atoms with Gasteiger partial charge in [-0.3, -0.25) is 4.79 Å². The number of ether oxygens (including phenoxy) is 1. The predicted molar refractivity (Wildman–Crippen MR) is 99.4 cm³/mol. The number of carbonyl (C=O) groups is 1. The van der Waals surface area contributed by atoms with E-state index >= 15 is 0 Å². The van der Waals surface area contributed by atoms with Gasteiger partial charge in [-0.05, 0) is 29.3 Å². The Morgan fingerprint density at radius 3 is 2.77 bits per heavy atom. The Hall–Kier alpha value is -3.41. The zero-order chi connectivity index (χ0) is 18.2. The zero-order valence-electron chi connectivity index (χ0n) is 14.5. The van der Waals surface area contributed by atoms with Crippen molar-refractivity contribution in [3.8, 4) is 5.75 Å². The largest absolute Gasteiger partial charge is 0.497 e. The van der Waals surface area contributed by atoms with Gasteiger partial charge in [-0.2, -0.15) is 0 Å². The molecular formula is C20H20N4O2. The van der Waals surface area contributed by atoms with Crippen LogP contribution in [0.15, 0.2) is 66.9 Å². The first-order valence-electron chi connectivity index (χ1n) is 8.26. The van der Waals surface area contributed by atoms with Gasteiger partial charge in [0.2, 0.25) is 5.91 Å². The van der Waals surface area contributed by atoms with E-state index in [-0.39, 0.29) is 5.91 Å². The maximum atomic E-state index is 12.0. The van der Waals surface area contributed by atoms with Crippen LogP contribution >= 0.6 is 0 Å². The van der Waals surface area contributed by atoms with Crippen molar-refractivity contribution in [3.05, 3.63) is 83.7 Å². The van der Waals surface area contributed by atoms with Crippen molar-refractivity contribution in [1.29, 1.82) is 0 Å². The van der Waals surface area contributed by atoms with Gasteiger partial charge in [0.15, 0.2) is 0 Å². The molecule has 1 N–H and O–H groups in total. The minimum absolute atomic E-state index is 0.189. The van der Waals surface area contributed by atoms with Gasteiger partial charge in [0, 0.05) is 12.6 Å². The van der Waals surface area contributed by atoms with Gasteiger partial charge in [-0.15, -0.1) is 5.10 Å². The Bertz CT molecular complexity index is 888. The van der Waals surface area contributed by atoms with E-state index in [1.54, 1.807) is 24.1 Å². The number of amides is 1. The van der Waals surface area contributed by atoms with Crippen LogP contribution in [0.3, 0.4) is 0 Å². The number of aromatic nitrogens is 3. The third-order valence-electron chi connectivity index (χ3n) is 3.75. The molecule has 0 spiro atoms. The van der Waals surface area contributed by atoms with Crippen molar-refractivity contribution in [2.24, 2.45) is 0 Å². The van der Waals surface area contributed by atoms with Crippen LogP contribution in [0.1, 0.15) is 16.8 Å². The molecule has 6 nitrogen and oxygen atoms in total. The zero-order valence-corrected chi connectivity index (χ0v) is 14.5. The van der Waals surface area contributed by atoms with Crippen molar-refractivity contribution < 1.29 is 9.53 Å². The van der Waals surface area contributed by atoms with Crippen molar-refractivity contribution >= 4 is 12.0 Å². The van der Waals surface area contributed by atoms with Crippen molar-refractivity contribution in [2.75, 3.05) is 7.11 Å².